The highest BCUT2D eigenvalue weighted by atomic mass is 19.1. The van der Waals surface area contributed by atoms with Gasteiger partial charge in [-0.15, -0.1) is 10.2 Å². The molecular formula is C19H15F2N5O. The Morgan fingerprint density at radius 2 is 1.89 bits per heavy atom. The zero-order valence-corrected chi connectivity index (χ0v) is 14.2. The Hall–Kier alpha value is -3.13. The number of hydrogen-bond acceptors (Lipinski definition) is 5. The van der Waals surface area contributed by atoms with Gasteiger partial charge in [-0.2, -0.15) is 5.10 Å². The fourth-order valence-corrected chi connectivity index (χ4v) is 3.26. The molecule has 0 amide bonds. The van der Waals surface area contributed by atoms with Gasteiger partial charge >= 0.3 is 0 Å². The highest BCUT2D eigenvalue weighted by Crippen LogP contribution is 2.30. The maximum Gasteiger partial charge on any atom is 0.247 e. The Morgan fingerprint density at radius 3 is 2.63 bits per heavy atom. The van der Waals surface area contributed by atoms with E-state index < -0.39 is 0 Å². The first kappa shape index (κ1) is 16.1. The zero-order chi connectivity index (χ0) is 18.4. The number of nitrogens with one attached hydrogen (secondary N) is 1. The molecule has 5 rings (SSSR count). The number of hydrogen-bond donors (Lipinski definition) is 1. The van der Waals surface area contributed by atoms with Crippen LogP contribution in [-0.4, -0.2) is 33.1 Å². The molecule has 3 heterocycles. The number of nitrogens with zero attached hydrogens (tertiary/aromatic N) is 4. The van der Waals surface area contributed by atoms with Gasteiger partial charge < -0.3 is 9.73 Å². The molecule has 0 aliphatic carbocycles. The lowest BCUT2D eigenvalue weighted by Crippen LogP contribution is -2.40. The van der Waals surface area contributed by atoms with Gasteiger partial charge in [-0.25, -0.2) is 8.78 Å². The standard InChI is InChI=1S/C19H15F2N5O/c20-13-6-4-11(5-7-13)19-24-23-16(27-19)10-26-15-3-1-2-14(21)17(15)18(25-26)12-8-22-9-12/h1-7,12,22H,8-10H2. The normalized spacial score (nSPS) is 14.6. The van der Waals surface area contributed by atoms with Crippen molar-refractivity contribution in [3.8, 4) is 11.5 Å². The van der Waals surface area contributed by atoms with Gasteiger partial charge in [-0.1, -0.05) is 6.07 Å². The summed E-state index contributed by atoms with van der Waals surface area (Å²) in [6.07, 6.45) is 0. The monoisotopic (exact) mass is 367 g/mol. The maximum atomic E-state index is 14.4. The summed E-state index contributed by atoms with van der Waals surface area (Å²) in [5, 5.41) is 16.4. The van der Waals surface area contributed by atoms with Crippen molar-refractivity contribution in [2.24, 2.45) is 0 Å². The van der Waals surface area contributed by atoms with E-state index >= 15 is 0 Å². The fraction of sp³-hybridized carbons (Fsp3) is 0.211. The number of rotatable bonds is 4. The molecule has 0 atom stereocenters. The highest BCUT2D eigenvalue weighted by molar-refractivity contribution is 5.83. The van der Waals surface area contributed by atoms with Gasteiger partial charge in [0.2, 0.25) is 11.8 Å². The minimum atomic E-state index is -0.332. The third-order valence-electron chi connectivity index (χ3n) is 4.77. The van der Waals surface area contributed by atoms with Crippen LogP contribution in [0.2, 0.25) is 0 Å². The molecule has 2 aromatic carbocycles. The summed E-state index contributed by atoms with van der Waals surface area (Å²) in [6.45, 7) is 1.81. The smallest absolute Gasteiger partial charge is 0.247 e. The molecule has 1 N–H and O–H groups in total. The Kier molecular flexibility index (Phi) is 3.71. The minimum absolute atomic E-state index is 0.197. The fourth-order valence-electron chi connectivity index (χ4n) is 3.26. The van der Waals surface area contributed by atoms with Crippen LogP contribution >= 0.6 is 0 Å². The minimum Gasteiger partial charge on any atom is -0.419 e. The van der Waals surface area contributed by atoms with Gasteiger partial charge in [0, 0.05) is 24.6 Å². The van der Waals surface area contributed by atoms with Crippen LogP contribution in [0.1, 0.15) is 17.5 Å². The van der Waals surface area contributed by atoms with Gasteiger partial charge in [0.05, 0.1) is 16.6 Å². The lowest BCUT2D eigenvalue weighted by Gasteiger charge is -2.25. The van der Waals surface area contributed by atoms with Crippen LogP contribution in [0.4, 0.5) is 8.78 Å². The molecule has 0 bridgehead atoms. The first-order valence-electron chi connectivity index (χ1n) is 8.63. The topological polar surface area (TPSA) is 68.8 Å². The number of fused-ring (bicyclic) bond motifs is 1. The van der Waals surface area contributed by atoms with Gasteiger partial charge in [0.1, 0.15) is 18.2 Å². The molecular weight excluding hydrogens is 352 g/mol. The number of halogens is 2. The SMILES string of the molecule is Fc1ccc(-c2nnc(Cn3nc(C4CNC4)c4c(F)cccc43)o2)cc1. The predicted molar refractivity (Wildman–Crippen MR) is 94.1 cm³/mol. The molecule has 0 spiro atoms. The van der Waals surface area contributed by atoms with Crippen molar-refractivity contribution in [2.45, 2.75) is 12.5 Å². The van der Waals surface area contributed by atoms with Crippen LogP contribution < -0.4 is 5.32 Å². The van der Waals surface area contributed by atoms with E-state index in [9.17, 15) is 8.78 Å². The molecule has 1 fully saturated rings. The summed E-state index contributed by atoms with van der Waals surface area (Å²) in [5.41, 5.74) is 2.08. The Balaban J connectivity index is 1.50. The van der Waals surface area contributed by atoms with E-state index in [0.29, 0.717) is 28.2 Å². The van der Waals surface area contributed by atoms with Crippen LogP contribution in [-0.2, 0) is 6.54 Å². The van der Waals surface area contributed by atoms with E-state index in [4.69, 9.17) is 4.42 Å². The van der Waals surface area contributed by atoms with E-state index in [0.717, 1.165) is 18.8 Å². The molecule has 1 saturated heterocycles. The average Bonchev–Trinajstić information content (AvgIpc) is 3.21. The van der Waals surface area contributed by atoms with Crippen molar-refractivity contribution in [1.82, 2.24) is 25.3 Å². The van der Waals surface area contributed by atoms with E-state index in [1.165, 1.54) is 18.2 Å². The van der Waals surface area contributed by atoms with Gasteiger partial charge in [0.15, 0.2) is 0 Å². The average molecular weight is 367 g/mol. The predicted octanol–water partition coefficient (Wildman–Crippen LogP) is 3.10. The zero-order valence-electron chi connectivity index (χ0n) is 14.2. The Labute approximate surface area is 152 Å². The summed E-state index contributed by atoms with van der Waals surface area (Å²) in [7, 11) is 0. The largest absolute Gasteiger partial charge is 0.419 e. The second-order valence-electron chi connectivity index (χ2n) is 6.54. The summed E-state index contributed by atoms with van der Waals surface area (Å²) < 4.78 is 34.9. The third kappa shape index (κ3) is 2.78. The number of aromatic nitrogens is 4. The molecule has 6 nitrogen and oxygen atoms in total. The van der Waals surface area contributed by atoms with E-state index in [-0.39, 0.29) is 24.1 Å². The van der Waals surface area contributed by atoms with Crippen molar-refractivity contribution in [2.75, 3.05) is 13.1 Å². The van der Waals surface area contributed by atoms with Crippen molar-refractivity contribution >= 4 is 10.9 Å². The molecule has 0 radical (unpaired) electrons. The first-order valence-corrected chi connectivity index (χ1v) is 8.63. The van der Waals surface area contributed by atoms with Crippen molar-refractivity contribution in [3.63, 3.8) is 0 Å². The lowest BCUT2D eigenvalue weighted by atomic mass is 9.96. The van der Waals surface area contributed by atoms with Crippen LogP contribution in [0.15, 0.2) is 46.9 Å². The summed E-state index contributed by atoms with van der Waals surface area (Å²) in [4.78, 5) is 0. The number of benzene rings is 2. The summed E-state index contributed by atoms with van der Waals surface area (Å²) in [5.74, 6) is 0.236. The second-order valence-corrected chi connectivity index (χ2v) is 6.54. The van der Waals surface area contributed by atoms with E-state index in [1.807, 2.05) is 6.07 Å². The van der Waals surface area contributed by atoms with Crippen LogP contribution in [0, 0.1) is 11.6 Å². The van der Waals surface area contributed by atoms with Gasteiger partial charge in [-0.05, 0) is 36.4 Å². The summed E-state index contributed by atoms with van der Waals surface area (Å²) >= 11 is 0. The second kappa shape index (κ2) is 6.24. The van der Waals surface area contributed by atoms with Crippen LogP contribution in [0.5, 0.6) is 0 Å². The van der Waals surface area contributed by atoms with Crippen LogP contribution in [0.3, 0.4) is 0 Å². The van der Waals surface area contributed by atoms with Gasteiger partial charge in [-0.3, -0.25) is 4.68 Å². The lowest BCUT2D eigenvalue weighted by molar-refractivity contribution is 0.430. The molecule has 1 aliphatic heterocycles. The third-order valence-corrected chi connectivity index (χ3v) is 4.77. The molecule has 4 aromatic rings. The van der Waals surface area contributed by atoms with Crippen LogP contribution in [0.25, 0.3) is 22.4 Å². The first-order chi connectivity index (χ1) is 13.2. The van der Waals surface area contributed by atoms with E-state index in [2.05, 4.69) is 20.6 Å². The maximum absolute atomic E-state index is 14.4. The Bertz CT molecular complexity index is 1120. The summed E-state index contributed by atoms with van der Waals surface area (Å²) in [6, 6.07) is 10.8. The molecule has 136 valence electrons. The van der Waals surface area contributed by atoms with Gasteiger partial charge in [0.25, 0.3) is 0 Å². The van der Waals surface area contributed by atoms with E-state index in [1.54, 1.807) is 22.9 Å². The molecule has 27 heavy (non-hydrogen) atoms. The van der Waals surface area contributed by atoms with Crippen molar-refractivity contribution in [1.29, 1.82) is 0 Å². The molecule has 0 unspecified atom stereocenters. The quantitative estimate of drug-likeness (QED) is 0.600. The molecule has 0 saturated carbocycles. The Morgan fingerprint density at radius 1 is 1.07 bits per heavy atom. The molecule has 8 heteroatoms. The van der Waals surface area contributed by atoms with Crippen molar-refractivity contribution < 1.29 is 13.2 Å². The highest BCUT2D eigenvalue weighted by Gasteiger charge is 2.27. The van der Waals surface area contributed by atoms with Crippen molar-refractivity contribution in [3.05, 3.63) is 65.7 Å². The molecule has 1 aliphatic rings. The molecule has 2 aromatic heterocycles.